The van der Waals surface area contributed by atoms with E-state index >= 15 is 0 Å². The number of alkyl halides is 1. The highest BCUT2D eigenvalue weighted by molar-refractivity contribution is 9.09. The van der Waals surface area contributed by atoms with Crippen molar-refractivity contribution < 1.29 is 9.59 Å². The second kappa shape index (κ2) is 4.69. The van der Waals surface area contributed by atoms with Gasteiger partial charge in [-0.05, 0) is 42.9 Å². The molecule has 0 aromatic heterocycles. The molecule has 20 heavy (non-hydrogen) atoms. The van der Waals surface area contributed by atoms with Crippen LogP contribution >= 0.6 is 15.9 Å². The minimum Gasteiger partial charge on any atom is -0.282 e. The Kier molecular flexibility index (Phi) is 3.06. The number of imide groups is 1. The van der Waals surface area contributed by atoms with E-state index in [1.165, 1.54) is 6.42 Å². The first-order valence-electron chi connectivity index (χ1n) is 7.83. The van der Waals surface area contributed by atoms with Crippen molar-refractivity contribution in [2.45, 2.75) is 25.7 Å². The van der Waals surface area contributed by atoms with E-state index in [2.05, 4.69) is 28.1 Å². The molecule has 0 aromatic rings. The quantitative estimate of drug-likeness (QED) is 0.334. The van der Waals surface area contributed by atoms with E-state index in [9.17, 15) is 9.59 Å². The summed E-state index contributed by atoms with van der Waals surface area (Å²) in [6.45, 7) is 0.631. The summed E-state index contributed by atoms with van der Waals surface area (Å²) in [7, 11) is 0. The number of carbonyl (C=O) groups excluding carboxylic acids is 2. The number of hydrogen-bond acceptors (Lipinski definition) is 2. The van der Waals surface area contributed by atoms with Gasteiger partial charge in [0.15, 0.2) is 0 Å². The lowest BCUT2D eigenvalue weighted by Crippen LogP contribution is -2.40. The van der Waals surface area contributed by atoms with Crippen LogP contribution in [0.3, 0.4) is 0 Å². The number of allylic oxidation sites excluding steroid dienone is 2. The van der Waals surface area contributed by atoms with Crippen molar-refractivity contribution in [2.24, 2.45) is 35.5 Å². The largest absolute Gasteiger partial charge is 0.282 e. The van der Waals surface area contributed by atoms with Crippen LogP contribution in [-0.4, -0.2) is 28.6 Å². The van der Waals surface area contributed by atoms with Crippen molar-refractivity contribution in [3.63, 3.8) is 0 Å². The number of likely N-dealkylation sites (tertiary alicyclic amines) is 1. The highest BCUT2D eigenvalue weighted by Crippen LogP contribution is 2.65. The van der Waals surface area contributed by atoms with E-state index in [-0.39, 0.29) is 23.7 Å². The first-order chi connectivity index (χ1) is 9.74. The molecule has 2 amide bonds. The highest BCUT2D eigenvalue weighted by Gasteiger charge is 2.66. The Bertz CT molecular complexity index is 453. The van der Waals surface area contributed by atoms with Crippen molar-refractivity contribution >= 4 is 27.7 Å². The van der Waals surface area contributed by atoms with Gasteiger partial charge in [-0.1, -0.05) is 34.5 Å². The van der Waals surface area contributed by atoms with Gasteiger partial charge in [0, 0.05) is 11.9 Å². The zero-order chi connectivity index (χ0) is 13.9. The standard InChI is InChI=1S/C16H20BrNO2/c17-6-2-1-3-7-18-15(19)13-9-4-5-10(12-8-11(9)12)14(13)16(18)20/h4-5,9-14H,1-3,6-8H2. The Hall–Kier alpha value is -0.640. The molecule has 0 aromatic carbocycles. The minimum absolute atomic E-state index is 0.0163. The van der Waals surface area contributed by atoms with E-state index in [0.29, 0.717) is 30.2 Å². The molecular formula is C16H20BrNO2. The molecule has 5 aliphatic rings. The molecule has 6 atom stereocenters. The second-order valence-corrected chi connectivity index (χ2v) is 7.53. The molecule has 0 radical (unpaired) electrons. The third-order valence-electron chi connectivity index (χ3n) is 5.77. The van der Waals surface area contributed by atoms with Gasteiger partial charge in [-0.2, -0.15) is 0 Å². The number of amides is 2. The van der Waals surface area contributed by atoms with Crippen molar-refractivity contribution in [1.29, 1.82) is 0 Å². The minimum atomic E-state index is -0.0163. The van der Waals surface area contributed by atoms with Gasteiger partial charge in [0.1, 0.15) is 0 Å². The summed E-state index contributed by atoms with van der Waals surface area (Å²) in [5.41, 5.74) is 0. The number of halogens is 1. The lowest BCUT2D eigenvalue weighted by atomic mass is 9.63. The zero-order valence-corrected chi connectivity index (χ0v) is 13.1. The van der Waals surface area contributed by atoms with Crippen LogP contribution in [0.1, 0.15) is 25.7 Å². The Labute approximate surface area is 127 Å². The molecule has 4 aliphatic carbocycles. The van der Waals surface area contributed by atoms with Crippen molar-refractivity contribution in [1.82, 2.24) is 4.90 Å². The molecular weight excluding hydrogens is 318 g/mol. The molecule has 1 heterocycles. The molecule has 5 rings (SSSR count). The second-order valence-electron chi connectivity index (χ2n) is 6.73. The van der Waals surface area contributed by atoms with Crippen LogP contribution in [0.4, 0.5) is 0 Å². The number of carbonyl (C=O) groups is 2. The summed E-state index contributed by atoms with van der Waals surface area (Å²) < 4.78 is 0. The average molecular weight is 338 g/mol. The lowest BCUT2D eigenvalue weighted by Gasteiger charge is -2.37. The Morgan fingerprint density at radius 2 is 1.60 bits per heavy atom. The predicted molar refractivity (Wildman–Crippen MR) is 79.1 cm³/mol. The van der Waals surface area contributed by atoms with Crippen LogP contribution in [0.25, 0.3) is 0 Å². The number of nitrogens with zero attached hydrogens (tertiary/aromatic N) is 1. The van der Waals surface area contributed by atoms with Gasteiger partial charge in [0.05, 0.1) is 11.8 Å². The van der Waals surface area contributed by atoms with Gasteiger partial charge in [-0.25, -0.2) is 0 Å². The van der Waals surface area contributed by atoms with Crippen LogP contribution in [0.5, 0.6) is 0 Å². The van der Waals surface area contributed by atoms with E-state index < -0.39 is 0 Å². The lowest BCUT2D eigenvalue weighted by molar-refractivity contribution is -0.140. The summed E-state index contributed by atoms with van der Waals surface area (Å²) in [5.74, 6) is 2.35. The Morgan fingerprint density at radius 3 is 2.15 bits per heavy atom. The van der Waals surface area contributed by atoms with Crippen LogP contribution in [0.2, 0.25) is 0 Å². The van der Waals surface area contributed by atoms with E-state index in [4.69, 9.17) is 0 Å². The number of unbranched alkanes of at least 4 members (excludes halogenated alkanes) is 2. The normalized spacial score (nSPS) is 44.0. The van der Waals surface area contributed by atoms with Gasteiger partial charge in [0.2, 0.25) is 11.8 Å². The topological polar surface area (TPSA) is 37.4 Å². The number of hydrogen-bond donors (Lipinski definition) is 0. The molecule has 3 fully saturated rings. The molecule has 2 bridgehead atoms. The average Bonchev–Trinajstić information content (AvgIpc) is 3.23. The van der Waals surface area contributed by atoms with Crippen LogP contribution in [0, 0.1) is 35.5 Å². The Balaban J connectivity index is 1.50. The maximum absolute atomic E-state index is 12.6. The molecule has 108 valence electrons. The summed E-state index contributed by atoms with van der Waals surface area (Å²) in [4.78, 5) is 26.8. The molecule has 4 heteroatoms. The van der Waals surface area contributed by atoms with Crippen molar-refractivity contribution in [3.8, 4) is 0 Å². The summed E-state index contributed by atoms with van der Waals surface area (Å²) in [5, 5.41) is 0.998. The first-order valence-corrected chi connectivity index (χ1v) is 8.95. The summed E-state index contributed by atoms with van der Waals surface area (Å²) >= 11 is 3.42. The third kappa shape index (κ3) is 1.69. The molecule has 1 saturated heterocycles. The van der Waals surface area contributed by atoms with Gasteiger partial charge in [-0.3, -0.25) is 14.5 Å². The molecule has 0 spiro atoms. The smallest absolute Gasteiger partial charge is 0.233 e. The first kappa shape index (κ1) is 13.1. The van der Waals surface area contributed by atoms with Crippen LogP contribution in [0.15, 0.2) is 12.2 Å². The fourth-order valence-electron chi connectivity index (χ4n) is 4.78. The molecule has 1 aliphatic heterocycles. The van der Waals surface area contributed by atoms with E-state index in [1.54, 1.807) is 4.90 Å². The fraction of sp³-hybridized carbons (Fsp3) is 0.750. The molecule has 2 saturated carbocycles. The molecule has 6 unspecified atom stereocenters. The van der Waals surface area contributed by atoms with Crippen molar-refractivity contribution in [2.75, 3.05) is 11.9 Å². The van der Waals surface area contributed by atoms with Gasteiger partial charge < -0.3 is 0 Å². The fourth-order valence-corrected chi connectivity index (χ4v) is 5.18. The van der Waals surface area contributed by atoms with E-state index in [0.717, 1.165) is 24.6 Å². The SMILES string of the molecule is O=C1C2C3C=CC(C4CC34)C2C(=O)N1CCCCCBr. The highest BCUT2D eigenvalue weighted by atomic mass is 79.9. The monoisotopic (exact) mass is 337 g/mol. The van der Waals surface area contributed by atoms with Crippen LogP contribution < -0.4 is 0 Å². The predicted octanol–water partition coefficient (Wildman–Crippen LogP) is 2.60. The molecule has 0 N–H and O–H groups in total. The van der Waals surface area contributed by atoms with Crippen LogP contribution in [-0.2, 0) is 9.59 Å². The van der Waals surface area contributed by atoms with E-state index in [1.807, 2.05) is 0 Å². The summed E-state index contributed by atoms with van der Waals surface area (Å²) in [6.07, 6.45) is 8.84. The van der Waals surface area contributed by atoms with Gasteiger partial charge >= 0.3 is 0 Å². The molecule has 3 nitrogen and oxygen atoms in total. The third-order valence-corrected chi connectivity index (χ3v) is 6.33. The van der Waals surface area contributed by atoms with Gasteiger partial charge in [-0.15, -0.1) is 0 Å². The van der Waals surface area contributed by atoms with Crippen molar-refractivity contribution in [3.05, 3.63) is 12.2 Å². The number of rotatable bonds is 5. The van der Waals surface area contributed by atoms with Gasteiger partial charge in [0.25, 0.3) is 0 Å². The maximum Gasteiger partial charge on any atom is 0.233 e. The maximum atomic E-state index is 12.6. The zero-order valence-electron chi connectivity index (χ0n) is 11.5. The Morgan fingerprint density at radius 1 is 1.00 bits per heavy atom. The summed E-state index contributed by atoms with van der Waals surface area (Å²) in [6, 6.07) is 0.